The molecule has 36 heavy (non-hydrogen) atoms. The number of sulfonamides is 1. The zero-order chi connectivity index (χ0) is 25.7. The van der Waals surface area contributed by atoms with Gasteiger partial charge in [-0.3, -0.25) is 9.78 Å². The number of nitrogens with zero attached hydrogens (tertiary/aromatic N) is 1. The number of benzene rings is 2. The highest BCUT2D eigenvalue weighted by molar-refractivity contribution is 7.89. The van der Waals surface area contributed by atoms with E-state index in [2.05, 4.69) is 20.3 Å². The van der Waals surface area contributed by atoms with Crippen molar-refractivity contribution in [1.29, 1.82) is 0 Å². The number of carbonyl (C=O) groups is 1. The van der Waals surface area contributed by atoms with Gasteiger partial charge in [-0.25, -0.2) is 12.8 Å². The second-order valence-electron chi connectivity index (χ2n) is 8.97. The molecular weight excluding hydrogens is 483 g/mol. The van der Waals surface area contributed by atoms with Crippen molar-refractivity contribution < 1.29 is 22.7 Å². The molecule has 2 heterocycles. The highest BCUT2D eigenvalue weighted by Crippen LogP contribution is 2.26. The maximum atomic E-state index is 13.1. The predicted octanol–water partition coefficient (Wildman–Crippen LogP) is 2.92. The van der Waals surface area contributed by atoms with Gasteiger partial charge in [0, 0.05) is 35.7 Å². The van der Waals surface area contributed by atoms with Crippen molar-refractivity contribution in [1.82, 2.24) is 15.0 Å². The minimum Gasteiger partial charge on any atom is -0.387 e. The van der Waals surface area contributed by atoms with Crippen LogP contribution in [0, 0.1) is 5.82 Å². The van der Waals surface area contributed by atoms with E-state index in [1.165, 1.54) is 6.92 Å². The van der Waals surface area contributed by atoms with Crippen molar-refractivity contribution in [3.05, 3.63) is 90.0 Å². The Kier molecular flexibility index (Phi) is 8.10. The number of hydrogen-bond donors (Lipinski definition) is 4. The summed E-state index contributed by atoms with van der Waals surface area (Å²) in [6.45, 7) is 1.44. The lowest BCUT2D eigenvalue weighted by Gasteiger charge is -2.20. The second kappa shape index (κ2) is 11.3. The van der Waals surface area contributed by atoms with Gasteiger partial charge in [0.05, 0.1) is 17.0 Å². The molecule has 0 saturated carbocycles. The van der Waals surface area contributed by atoms with E-state index in [-0.39, 0.29) is 17.0 Å². The van der Waals surface area contributed by atoms with Crippen molar-refractivity contribution >= 4 is 21.6 Å². The minimum absolute atomic E-state index is 0.0297. The first-order valence-corrected chi connectivity index (χ1v) is 13.2. The molecule has 1 aliphatic rings. The fourth-order valence-electron chi connectivity index (χ4n) is 4.27. The molecule has 8 nitrogen and oxygen atoms in total. The highest BCUT2D eigenvalue weighted by Gasteiger charge is 2.30. The number of pyridine rings is 1. The number of aliphatic hydroxyl groups is 1. The summed E-state index contributed by atoms with van der Waals surface area (Å²) in [5.74, 6) is -1.06. The van der Waals surface area contributed by atoms with Crippen LogP contribution in [0.3, 0.4) is 0 Å². The largest absolute Gasteiger partial charge is 0.387 e. The van der Waals surface area contributed by atoms with Crippen LogP contribution in [0.5, 0.6) is 0 Å². The summed E-state index contributed by atoms with van der Waals surface area (Å²) < 4.78 is 40.2. The molecule has 0 radical (unpaired) electrons. The maximum absolute atomic E-state index is 13.1. The van der Waals surface area contributed by atoms with Crippen LogP contribution in [0.4, 0.5) is 10.1 Å². The van der Waals surface area contributed by atoms with Crippen LogP contribution in [-0.2, 0) is 21.2 Å². The number of amides is 1. The molecule has 190 valence electrons. The first-order chi connectivity index (χ1) is 17.2. The molecule has 10 heteroatoms. The van der Waals surface area contributed by atoms with E-state index >= 15 is 0 Å². The van der Waals surface area contributed by atoms with Crippen molar-refractivity contribution in [3.8, 4) is 0 Å². The van der Waals surface area contributed by atoms with Crippen LogP contribution in [0.25, 0.3) is 0 Å². The normalized spacial score (nSPS) is 19.5. The van der Waals surface area contributed by atoms with Crippen molar-refractivity contribution in [3.63, 3.8) is 0 Å². The van der Waals surface area contributed by atoms with Gasteiger partial charge in [-0.15, -0.1) is 0 Å². The summed E-state index contributed by atoms with van der Waals surface area (Å²) in [5, 5.41) is 16.8. The molecule has 1 fully saturated rings. The van der Waals surface area contributed by atoms with Crippen molar-refractivity contribution in [2.75, 3.05) is 5.32 Å². The molecule has 1 aliphatic heterocycles. The van der Waals surface area contributed by atoms with Gasteiger partial charge in [0.1, 0.15) is 5.82 Å². The fraction of sp³-hybridized carbons (Fsp3) is 0.308. The van der Waals surface area contributed by atoms with Gasteiger partial charge in [-0.05, 0) is 74.2 Å². The predicted molar refractivity (Wildman–Crippen MR) is 134 cm³/mol. The molecule has 4 atom stereocenters. The molecule has 0 aliphatic carbocycles. The Bertz CT molecular complexity index is 1270. The zero-order valence-electron chi connectivity index (χ0n) is 19.8. The van der Waals surface area contributed by atoms with Gasteiger partial charge >= 0.3 is 0 Å². The molecule has 2 aromatic carbocycles. The molecule has 0 bridgehead atoms. The quantitative estimate of drug-likeness (QED) is 0.350. The van der Waals surface area contributed by atoms with Gasteiger partial charge in [0.25, 0.3) is 0 Å². The average Bonchev–Trinajstić information content (AvgIpc) is 3.33. The number of aromatic nitrogens is 1. The first kappa shape index (κ1) is 25.9. The summed E-state index contributed by atoms with van der Waals surface area (Å²) in [4.78, 5) is 16.5. The fourth-order valence-corrected chi connectivity index (χ4v) is 5.47. The van der Waals surface area contributed by atoms with E-state index in [0.717, 1.165) is 54.7 Å². The highest BCUT2D eigenvalue weighted by atomic mass is 32.2. The van der Waals surface area contributed by atoms with Crippen LogP contribution in [0.1, 0.15) is 37.0 Å². The Morgan fingerprint density at radius 2 is 1.86 bits per heavy atom. The van der Waals surface area contributed by atoms with E-state index in [1.54, 1.807) is 24.5 Å². The molecule has 3 aromatic rings. The first-order valence-electron chi connectivity index (χ1n) is 11.7. The maximum Gasteiger partial charge on any atom is 0.242 e. The molecule has 0 spiro atoms. The van der Waals surface area contributed by atoms with Crippen molar-refractivity contribution in [2.24, 2.45) is 0 Å². The van der Waals surface area contributed by atoms with Crippen LogP contribution in [0.15, 0.2) is 78.0 Å². The minimum atomic E-state index is -3.97. The van der Waals surface area contributed by atoms with E-state index in [1.807, 2.05) is 24.3 Å². The molecule has 1 aromatic heterocycles. The summed E-state index contributed by atoms with van der Waals surface area (Å²) in [5.41, 5.74) is 2.41. The standard InChI is InChI=1S/C26H29FN4O4S/c1-17(31-36(34,35)23-11-6-20(27)7-12-23)26(33)30-21-8-4-18(5-9-21)15-22-10-13-24(29-22)25(32)19-3-2-14-28-16-19/h2-9,11-12,14,16-17,22,24-25,29,31-32H,10,13,15H2,1H3,(H,30,33)/t17-,22-,24+,25+/m0/s1. The number of hydrogen-bond acceptors (Lipinski definition) is 6. The summed E-state index contributed by atoms with van der Waals surface area (Å²) >= 11 is 0. The molecule has 1 saturated heterocycles. The Morgan fingerprint density at radius 3 is 2.53 bits per heavy atom. The van der Waals surface area contributed by atoms with E-state index in [4.69, 9.17) is 0 Å². The molecule has 1 amide bonds. The Balaban J connectivity index is 1.28. The van der Waals surface area contributed by atoms with Gasteiger partial charge in [-0.1, -0.05) is 18.2 Å². The lowest BCUT2D eigenvalue weighted by molar-refractivity contribution is -0.117. The summed E-state index contributed by atoms with van der Waals surface area (Å²) in [6, 6.07) is 14.6. The van der Waals surface area contributed by atoms with Crippen molar-refractivity contribution in [2.45, 2.75) is 55.3 Å². The van der Waals surface area contributed by atoms with Crippen LogP contribution < -0.4 is 15.4 Å². The molecule has 4 N–H and O–H groups in total. The number of halogens is 1. The third kappa shape index (κ3) is 6.52. The molecule has 0 unspecified atom stereocenters. The van der Waals surface area contributed by atoms with E-state index < -0.39 is 33.9 Å². The summed E-state index contributed by atoms with van der Waals surface area (Å²) in [7, 11) is -3.97. The third-order valence-electron chi connectivity index (χ3n) is 6.24. The average molecular weight is 513 g/mol. The van der Waals surface area contributed by atoms with E-state index in [9.17, 15) is 22.7 Å². The zero-order valence-corrected chi connectivity index (χ0v) is 20.6. The third-order valence-corrected chi connectivity index (χ3v) is 7.79. The van der Waals surface area contributed by atoms with E-state index in [0.29, 0.717) is 5.69 Å². The smallest absolute Gasteiger partial charge is 0.242 e. The number of nitrogens with one attached hydrogen (secondary N) is 3. The van der Waals surface area contributed by atoms with Gasteiger partial charge < -0.3 is 15.7 Å². The lowest BCUT2D eigenvalue weighted by atomic mass is 10.0. The second-order valence-corrected chi connectivity index (χ2v) is 10.7. The number of carbonyl (C=O) groups excluding carboxylic acids is 1. The lowest BCUT2D eigenvalue weighted by Crippen LogP contribution is -2.41. The Morgan fingerprint density at radius 1 is 1.14 bits per heavy atom. The van der Waals surface area contributed by atoms with Gasteiger partial charge in [0.2, 0.25) is 15.9 Å². The van der Waals surface area contributed by atoms with Crippen LogP contribution >= 0.6 is 0 Å². The number of anilines is 1. The molecular formula is C26H29FN4O4S. The monoisotopic (exact) mass is 512 g/mol. The van der Waals surface area contributed by atoms with Gasteiger partial charge in [0.15, 0.2) is 0 Å². The molecule has 4 rings (SSSR count). The SMILES string of the molecule is C[C@H](NS(=O)(=O)c1ccc(F)cc1)C(=O)Nc1ccc(C[C@@H]2CC[C@H]([C@H](O)c3cccnc3)N2)cc1. The van der Waals surface area contributed by atoms with Gasteiger partial charge in [-0.2, -0.15) is 4.72 Å². The summed E-state index contributed by atoms with van der Waals surface area (Å²) in [6.07, 6.45) is 5.33. The number of aliphatic hydroxyl groups excluding tert-OH is 1. The van der Waals surface area contributed by atoms with Crippen LogP contribution in [-0.4, -0.2) is 42.5 Å². The Labute approximate surface area is 210 Å². The number of rotatable bonds is 9. The topological polar surface area (TPSA) is 120 Å². The Hall–Kier alpha value is -3.18. The van der Waals surface area contributed by atoms with Crippen LogP contribution in [0.2, 0.25) is 0 Å².